The number of nitrogen functional groups attached to an aromatic ring is 1. The average molecular weight is 522 g/mol. The molecule has 8 nitrogen and oxygen atoms in total. The lowest BCUT2D eigenvalue weighted by molar-refractivity contribution is -0.144. The van der Waals surface area contributed by atoms with E-state index in [9.17, 15) is 13.2 Å². The Morgan fingerprint density at radius 2 is 1.55 bits per heavy atom. The Morgan fingerprint density at radius 3 is 2.29 bits per heavy atom. The number of imidazole rings is 2. The van der Waals surface area contributed by atoms with E-state index in [-0.39, 0.29) is 5.52 Å². The lowest BCUT2D eigenvalue weighted by atomic mass is 10.2. The van der Waals surface area contributed by atoms with Crippen LogP contribution in [0.4, 0.5) is 24.5 Å². The van der Waals surface area contributed by atoms with E-state index in [1.165, 1.54) is 0 Å². The number of nitrogens with two attached hydrogens (primary N) is 1. The highest BCUT2D eigenvalue weighted by Crippen LogP contribution is 2.32. The van der Waals surface area contributed by atoms with E-state index in [2.05, 4.69) is 30.8 Å². The predicted octanol–water partition coefficient (Wildman–Crippen LogP) is 4.91. The van der Waals surface area contributed by atoms with E-state index in [0.717, 1.165) is 54.3 Å². The van der Waals surface area contributed by atoms with Gasteiger partial charge in [0.25, 0.3) is 0 Å². The first kappa shape index (κ1) is 24.1. The molecule has 0 amide bonds. The number of halogens is 3. The summed E-state index contributed by atoms with van der Waals surface area (Å²) in [5, 5.41) is 0. The van der Waals surface area contributed by atoms with Crippen LogP contribution in [0.2, 0.25) is 0 Å². The molecule has 1 saturated heterocycles. The van der Waals surface area contributed by atoms with Crippen molar-refractivity contribution in [2.45, 2.75) is 6.18 Å². The van der Waals surface area contributed by atoms with Gasteiger partial charge in [0, 0.05) is 44.0 Å². The van der Waals surface area contributed by atoms with Gasteiger partial charge < -0.3 is 25.3 Å². The van der Waals surface area contributed by atoms with E-state index in [1.807, 2.05) is 36.4 Å². The van der Waals surface area contributed by atoms with Crippen molar-refractivity contribution in [3.05, 3.63) is 66.5 Å². The Labute approximate surface area is 216 Å². The molecule has 0 atom stereocenters. The second-order valence-electron chi connectivity index (χ2n) is 9.29. The Kier molecular flexibility index (Phi) is 6.07. The number of rotatable bonds is 6. The second kappa shape index (κ2) is 9.56. The number of aromatic amines is 2. The number of anilines is 2. The van der Waals surface area contributed by atoms with Crippen molar-refractivity contribution in [3.8, 4) is 17.1 Å². The molecule has 1 aliphatic rings. The normalized spacial score (nSPS) is 15.0. The van der Waals surface area contributed by atoms with Crippen LogP contribution in [0.5, 0.6) is 5.75 Å². The number of hydrogen-bond acceptors (Lipinski definition) is 6. The molecule has 196 valence electrons. The van der Waals surface area contributed by atoms with Gasteiger partial charge in [0.15, 0.2) is 0 Å². The van der Waals surface area contributed by atoms with Crippen molar-refractivity contribution in [2.24, 2.45) is 0 Å². The molecule has 0 spiro atoms. The zero-order valence-electron chi connectivity index (χ0n) is 20.4. The molecule has 0 unspecified atom stereocenters. The molecular formula is C27H26F3N7O. The zero-order valence-corrected chi connectivity index (χ0v) is 20.4. The smallest absolute Gasteiger partial charge is 0.449 e. The van der Waals surface area contributed by atoms with Crippen molar-refractivity contribution in [1.29, 1.82) is 0 Å². The first-order valence-corrected chi connectivity index (χ1v) is 12.4. The standard InChI is InChI=1S/C27H26F3N7O/c28-27(29,30)26-33-20-4-2-6-22(24(20)35-26)38-16-15-36-11-13-37(14-12-36)21-5-1-3-19-23(21)34-25(32-19)17-7-9-18(31)10-8-17/h1-10H,11-16,31H2,(H,32,34)(H,33,35). The van der Waals surface area contributed by atoms with Gasteiger partial charge in [0.05, 0.1) is 16.7 Å². The van der Waals surface area contributed by atoms with E-state index >= 15 is 0 Å². The highest BCUT2D eigenvalue weighted by Gasteiger charge is 2.35. The first-order chi connectivity index (χ1) is 18.3. The molecule has 38 heavy (non-hydrogen) atoms. The summed E-state index contributed by atoms with van der Waals surface area (Å²) in [5.41, 5.74) is 11.0. The zero-order chi connectivity index (χ0) is 26.3. The molecule has 0 radical (unpaired) electrons. The summed E-state index contributed by atoms with van der Waals surface area (Å²) < 4.78 is 44.9. The van der Waals surface area contributed by atoms with Gasteiger partial charge in [-0.25, -0.2) is 9.97 Å². The van der Waals surface area contributed by atoms with Gasteiger partial charge in [-0.3, -0.25) is 4.90 Å². The van der Waals surface area contributed by atoms with Gasteiger partial charge in [0.1, 0.15) is 29.2 Å². The van der Waals surface area contributed by atoms with Gasteiger partial charge in [-0.15, -0.1) is 0 Å². The van der Waals surface area contributed by atoms with Crippen molar-refractivity contribution in [3.63, 3.8) is 0 Å². The van der Waals surface area contributed by atoms with E-state index in [4.69, 9.17) is 15.5 Å². The maximum absolute atomic E-state index is 13.0. The molecule has 3 heterocycles. The third-order valence-electron chi connectivity index (χ3n) is 6.80. The number of aromatic nitrogens is 4. The lowest BCUT2D eigenvalue weighted by Crippen LogP contribution is -2.47. The highest BCUT2D eigenvalue weighted by molar-refractivity contribution is 5.91. The minimum atomic E-state index is -4.53. The lowest BCUT2D eigenvalue weighted by Gasteiger charge is -2.36. The number of fused-ring (bicyclic) bond motifs is 2. The van der Waals surface area contributed by atoms with E-state index in [1.54, 1.807) is 18.2 Å². The van der Waals surface area contributed by atoms with Crippen LogP contribution in [0.1, 0.15) is 5.82 Å². The molecule has 0 aliphatic carbocycles. The Hall–Kier alpha value is -4.25. The monoisotopic (exact) mass is 521 g/mol. The van der Waals surface area contributed by atoms with Crippen LogP contribution >= 0.6 is 0 Å². The number of benzene rings is 3. The molecule has 4 N–H and O–H groups in total. The topological polar surface area (TPSA) is 99.1 Å². The van der Waals surface area contributed by atoms with Crippen LogP contribution in [0, 0.1) is 0 Å². The first-order valence-electron chi connectivity index (χ1n) is 12.4. The minimum absolute atomic E-state index is 0.190. The average Bonchev–Trinajstić information content (AvgIpc) is 3.55. The molecule has 1 aliphatic heterocycles. The number of ether oxygens (including phenoxy) is 1. The number of piperazine rings is 1. The summed E-state index contributed by atoms with van der Waals surface area (Å²) >= 11 is 0. The summed E-state index contributed by atoms with van der Waals surface area (Å²) in [7, 11) is 0. The van der Waals surface area contributed by atoms with Crippen LogP contribution in [0.15, 0.2) is 60.7 Å². The molecular weight excluding hydrogens is 495 g/mol. The van der Waals surface area contributed by atoms with Crippen molar-refractivity contribution in [1.82, 2.24) is 24.8 Å². The number of hydrogen-bond donors (Lipinski definition) is 3. The summed E-state index contributed by atoms with van der Waals surface area (Å²) in [6.07, 6.45) is -4.53. The van der Waals surface area contributed by atoms with E-state index in [0.29, 0.717) is 30.1 Å². The summed E-state index contributed by atoms with van der Waals surface area (Å²) in [4.78, 5) is 18.9. The Morgan fingerprint density at radius 1 is 0.842 bits per heavy atom. The molecule has 11 heteroatoms. The van der Waals surface area contributed by atoms with Crippen LogP contribution < -0.4 is 15.4 Å². The highest BCUT2D eigenvalue weighted by atomic mass is 19.4. The molecule has 0 bridgehead atoms. The quantitative estimate of drug-likeness (QED) is 0.275. The van der Waals surface area contributed by atoms with Crippen LogP contribution in [0.3, 0.4) is 0 Å². The van der Waals surface area contributed by atoms with Crippen LogP contribution in [0.25, 0.3) is 33.5 Å². The molecule has 2 aromatic heterocycles. The summed E-state index contributed by atoms with van der Waals surface area (Å²) in [6.45, 7) is 4.33. The van der Waals surface area contributed by atoms with Gasteiger partial charge >= 0.3 is 6.18 Å². The number of nitrogens with one attached hydrogen (secondary N) is 2. The Balaban J connectivity index is 1.08. The minimum Gasteiger partial charge on any atom is -0.490 e. The SMILES string of the molecule is Nc1ccc(-c2nc3c(N4CCN(CCOc5cccc6[nH]c(C(F)(F)F)nc56)CC4)cccc3[nH]2)cc1. The van der Waals surface area contributed by atoms with Crippen molar-refractivity contribution >= 4 is 33.4 Å². The molecule has 0 saturated carbocycles. The predicted molar refractivity (Wildman–Crippen MR) is 141 cm³/mol. The van der Waals surface area contributed by atoms with Gasteiger partial charge in [-0.05, 0) is 48.5 Å². The molecule has 6 rings (SSSR count). The number of alkyl halides is 3. The summed E-state index contributed by atoms with van der Waals surface area (Å²) in [5.74, 6) is 0.125. The molecule has 3 aromatic carbocycles. The number of nitrogens with zero attached hydrogens (tertiary/aromatic N) is 4. The Bertz CT molecular complexity index is 1570. The third-order valence-corrected chi connectivity index (χ3v) is 6.80. The number of para-hydroxylation sites is 2. The third kappa shape index (κ3) is 4.72. The fourth-order valence-electron chi connectivity index (χ4n) is 4.80. The van der Waals surface area contributed by atoms with Crippen molar-refractivity contribution < 1.29 is 17.9 Å². The second-order valence-corrected chi connectivity index (χ2v) is 9.29. The fourth-order valence-corrected chi connectivity index (χ4v) is 4.80. The van der Waals surface area contributed by atoms with Gasteiger partial charge in [-0.2, -0.15) is 13.2 Å². The molecule has 1 fully saturated rings. The maximum Gasteiger partial charge on any atom is 0.449 e. The summed E-state index contributed by atoms with van der Waals surface area (Å²) in [6, 6.07) is 18.6. The number of H-pyrrole nitrogens is 2. The van der Waals surface area contributed by atoms with Crippen LogP contribution in [-0.2, 0) is 6.18 Å². The molecule has 5 aromatic rings. The fraction of sp³-hybridized carbons (Fsp3) is 0.259. The van der Waals surface area contributed by atoms with Crippen LogP contribution in [-0.4, -0.2) is 64.2 Å². The van der Waals surface area contributed by atoms with E-state index < -0.39 is 12.0 Å². The maximum atomic E-state index is 13.0. The largest absolute Gasteiger partial charge is 0.490 e. The van der Waals surface area contributed by atoms with Gasteiger partial charge in [0.2, 0.25) is 5.82 Å². The van der Waals surface area contributed by atoms with Crippen molar-refractivity contribution in [2.75, 3.05) is 50.0 Å². The van der Waals surface area contributed by atoms with Gasteiger partial charge in [-0.1, -0.05) is 12.1 Å².